The van der Waals surface area contributed by atoms with Crippen molar-refractivity contribution in [2.45, 2.75) is 56.3 Å². The molecule has 3 rings (SSSR count). The lowest BCUT2D eigenvalue weighted by atomic mass is 10.0. The van der Waals surface area contributed by atoms with Crippen LogP contribution in [-0.2, 0) is 14.3 Å². The molecule has 0 bridgehead atoms. The maximum Gasteiger partial charge on any atom is 0.244 e. The summed E-state index contributed by atoms with van der Waals surface area (Å²) >= 11 is 0. The Morgan fingerprint density at radius 1 is 1.47 bits per heavy atom. The number of hydrogen-bond donors (Lipinski definition) is 1. The van der Waals surface area contributed by atoms with Crippen molar-refractivity contribution in [3.8, 4) is 0 Å². The van der Waals surface area contributed by atoms with E-state index in [1.54, 1.807) is 7.11 Å². The van der Waals surface area contributed by atoms with E-state index in [1.165, 1.54) is 0 Å². The van der Waals surface area contributed by atoms with E-state index in [4.69, 9.17) is 9.47 Å². The fraction of sp³-hybridized carbons (Fsp3) is 0.929. The summed E-state index contributed by atoms with van der Waals surface area (Å²) in [5.74, 6) is 0.272. The Labute approximate surface area is 114 Å². The number of carbonyl (C=O) groups excluding carboxylic acids is 1. The minimum Gasteiger partial charge on any atom is -0.378 e. The Kier molecular flexibility index (Phi) is 3.31. The average molecular weight is 268 g/mol. The number of amides is 1. The minimum atomic E-state index is -0.302. The zero-order chi connectivity index (χ0) is 13.5. The summed E-state index contributed by atoms with van der Waals surface area (Å²) in [5.41, 5.74) is -0.530. The van der Waals surface area contributed by atoms with Crippen LogP contribution in [0.25, 0.3) is 0 Å². The van der Waals surface area contributed by atoms with Gasteiger partial charge in [0.1, 0.15) is 5.60 Å². The van der Waals surface area contributed by atoms with Gasteiger partial charge in [0.2, 0.25) is 5.91 Å². The molecule has 0 aromatic heterocycles. The number of carbonyl (C=O) groups is 1. The monoisotopic (exact) mass is 268 g/mol. The summed E-state index contributed by atoms with van der Waals surface area (Å²) in [5, 5.41) is 3.54. The normalized spacial score (nSPS) is 36.4. The molecule has 1 amide bonds. The molecule has 0 radical (unpaired) electrons. The standard InChI is InChI=1S/C14H24N2O3/c1-3-4-11-15-14(5-6-14)12(17)16(11)9-13(18-2)7-8-19-10-13/h11,15H,3-10H2,1-2H3. The number of hydrogen-bond acceptors (Lipinski definition) is 4. The number of nitrogens with one attached hydrogen (secondary N) is 1. The van der Waals surface area contributed by atoms with E-state index in [1.807, 2.05) is 4.90 Å². The quantitative estimate of drug-likeness (QED) is 0.804. The third-order valence-electron chi connectivity index (χ3n) is 4.76. The van der Waals surface area contributed by atoms with Gasteiger partial charge >= 0.3 is 0 Å². The molecule has 5 nitrogen and oxygen atoms in total. The Bertz CT molecular complexity index is 362. The van der Waals surface area contributed by atoms with Crippen molar-refractivity contribution >= 4 is 5.91 Å². The van der Waals surface area contributed by atoms with E-state index in [0.29, 0.717) is 13.2 Å². The molecule has 108 valence electrons. The number of ether oxygens (including phenoxy) is 2. The Morgan fingerprint density at radius 2 is 2.26 bits per heavy atom. The lowest BCUT2D eigenvalue weighted by Crippen LogP contribution is -2.49. The summed E-state index contributed by atoms with van der Waals surface area (Å²) in [4.78, 5) is 14.6. The van der Waals surface area contributed by atoms with Gasteiger partial charge in [-0.3, -0.25) is 10.1 Å². The largest absolute Gasteiger partial charge is 0.378 e. The van der Waals surface area contributed by atoms with Gasteiger partial charge in [0.25, 0.3) is 0 Å². The molecule has 3 fully saturated rings. The van der Waals surface area contributed by atoms with Gasteiger partial charge in [-0.1, -0.05) is 13.3 Å². The van der Waals surface area contributed by atoms with Gasteiger partial charge < -0.3 is 14.4 Å². The highest BCUT2D eigenvalue weighted by Gasteiger charge is 2.59. The van der Waals surface area contributed by atoms with E-state index >= 15 is 0 Å². The Morgan fingerprint density at radius 3 is 2.79 bits per heavy atom. The summed E-state index contributed by atoms with van der Waals surface area (Å²) < 4.78 is 11.2. The first kappa shape index (κ1) is 13.3. The first-order valence-electron chi connectivity index (χ1n) is 7.36. The van der Waals surface area contributed by atoms with E-state index in [2.05, 4.69) is 12.2 Å². The van der Waals surface area contributed by atoms with Gasteiger partial charge in [-0.25, -0.2) is 0 Å². The molecule has 1 aliphatic carbocycles. The van der Waals surface area contributed by atoms with Crippen molar-refractivity contribution in [1.29, 1.82) is 0 Å². The van der Waals surface area contributed by atoms with Crippen molar-refractivity contribution in [1.82, 2.24) is 10.2 Å². The molecule has 2 aliphatic heterocycles. The maximum atomic E-state index is 12.6. The third kappa shape index (κ3) is 2.18. The molecule has 1 saturated carbocycles. The van der Waals surface area contributed by atoms with Crippen LogP contribution in [0.15, 0.2) is 0 Å². The summed E-state index contributed by atoms with van der Waals surface area (Å²) in [6, 6.07) is 0. The van der Waals surface area contributed by atoms with Gasteiger partial charge in [0.05, 0.1) is 24.9 Å². The second kappa shape index (κ2) is 4.72. The zero-order valence-electron chi connectivity index (χ0n) is 11.9. The summed E-state index contributed by atoms with van der Waals surface area (Å²) in [7, 11) is 1.73. The van der Waals surface area contributed by atoms with E-state index < -0.39 is 0 Å². The van der Waals surface area contributed by atoms with Crippen molar-refractivity contribution in [2.75, 3.05) is 26.9 Å². The van der Waals surface area contributed by atoms with Crippen molar-refractivity contribution in [3.63, 3.8) is 0 Å². The molecule has 1 spiro atoms. The van der Waals surface area contributed by atoms with Crippen molar-refractivity contribution < 1.29 is 14.3 Å². The fourth-order valence-electron chi connectivity index (χ4n) is 3.29. The molecule has 5 heteroatoms. The summed E-state index contributed by atoms with van der Waals surface area (Å²) in [6.07, 6.45) is 5.10. The van der Waals surface area contributed by atoms with Crippen LogP contribution in [0.3, 0.4) is 0 Å². The van der Waals surface area contributed by atoms with E-state index in [9.17, 15) is 4.79 Å². The van der Waals surface area contributed by atoms with Crippen LogP contribution >= 0.6 is 0 Å². The number of methoxy groups -OCH3 is 1. The van der Waals surface area contributed by atoms with Crippen LogP contribution in [0.4, 0.5) is 0 Å². The van der Waals surface area contributed by atoms with Crippen molar-refractivity contribution in [3.05, 3.63) is 0 Å². The lowest BCUT2D eigenvalue weighted by molar-refractivity contribution is -0.135. The zero-order valence-corrected chi connectivity index (χ0v) is 11.9. The first-order chi connectivity index (χ1) is 9.15. The van der Waals surface area contributed by atoms with Crippen LogP contribution in [0, 0.1) is 0 Å². The molecule has 0 aromatic rings. The van der Waals surface area contributed by atoms with E-state index in [-0.39, 0.29) is 23.2 Å². The van der Waals surface area contributed by atoms with Crippen LogP contribution in [0.1, 0.15) is 39.0 Å². The highest BCUT2D eigenvalue weighted by molar-refractivity contribution is 5.91. The molecule has 1 N–H and O–H groups in total. The smallest absolute Gasteiger partial charge is 0.244 e. The maximum absolute atomic E-state index is 12.6. The lowest BCUT2D eigenvalue weighted by Gasteiger charge is -2.33. The number of rotatable bonds is 5. The van der Waals surface area contributed by atoms with Gasteiger partial charge in [0.15, 0.2) is 0 Å². The molecular weight excluding hydrogens is 244 g/mol. The predicted octanol–water partition coefficient (Wildman–Crippen LogP) is 0.882. The second-order valence-corrected chi connectivity index (χ2v) is 6.15. The number of nitrogens with zero attached hydrogens (tertiary/aromatic N) is 1. The van der Waals surface area contributed by atoms with Crippen molar-refractivity contribution in [2.24, 2.45) is 0 Å². The molecule has 0 aromatic carbocycles. The Balaban J connectivity index is 1.75. The van der Waals surface area contributed by atoms with E-state index in [0.717, 1.165) is 38.7 Å². The highest BCUT2D eigenvalue weighted by atomic mass is 16.5. The van der Waals surface area contributed by atoms with Gasteiger partial charge in [-0.2, -0.15) is 0 Å². The van der Waals surface area contributed by atoms with Crippen LogP contribution in [0.2, 0.25) is 0 Å². The topological polar surface area (TPSA) is 50.8 Å². The van der Waals surface area contributed by atoms with Crippen LogP contribution < -0.4 is 5.32 Å². The second-order valence-electron chi connectivity index (χ2n) is 6.15. The predicted molar refractivity (Wildman–Crippen MR) is 70.7 cm³/mol. The molecule has 2 atom stereocenters. The highest BCUT2D eigenvalue weighted by Crippen LogP contribution is 2.43. The van der Waals surface area contributed by atoms with Gasteiger partial charge in [-0.05, 0) is 19.3 Å². The molecule has 3 aliphatic rings. The van der Waals surface area contributed by atoms with Gasteiger partial charge in [-0.15, -0.1) is 0 Å². The fourth-order valence-corrected chi connectivity index (χ4v) is 3.29. The summed E-state index contributed by atoms with van der Waals surface area (Å²) in [6.45, 7) is 4.14. The Hall–Kier alpha value is -0.650. The average Bonchev–Trinajstić information content (AvgIpc) is 2.97. The van der Waals surface area contributed by atoms with Crippen LogP contribution in [0.5, 0.6) is 0 Å². The minimum absolute atomic E-state index is 0.174. The molecule has 2 unspecified atom stereocenters. The SMILES string of the molecule is CCCC1NC2(CC2)C(=O)N1CC1(OC)CCOC1. The first-order valence-corrected chi connectivity index (χ1v) is 7.36. The van der Waals surface area contributed by atoms with Crippen LogP contribution in [-0.4, -0.2) is 55.0 Å². The third-order valence-corrected chi connectivity index (χ3v) is 4.76. The molecular formula is C14H24N2O3. The molecule has 2 saturated heterocycles. The molecule has 19 heavy (non-hydrogen) atoms. The van der Waals surface area contributed by atoms with Gasteiger partial charge in [0, 0.05) is 20.1 Å². The molecule has 2 heterocycles.